The van der Waals surface area contributed by atoms with E-state index in [0.717, 1.165) is 34.1 Å². The molecule has 0 amide bonds. The van der Waals surface area contributed by atoms with Crippen LogP contribution in [0.4, 0.5) is 0 Å². The highest BCUT2D eigenvalue weighted by Gasteiger charge is 2.31. The van der Waals surface area contributed by atoms with Crippen molar-refractivity contribution in [2.75, 3.05) is 27.2 Å². The van der Waals surface area contributed by atoms with Crippen LogP contribution in [0.1, 0.15) is 29.5 Å². The first-order valence-electron chi connectivity index (χ1n) is 7.80. The molecule has 1 aliphatic heterocycles. The second kappa shape index (κ2) is 6.83. The Balaban J connectivity index is 1.84. The van der Waals surface area contributed by atoms with Crippen molar-refractivity contribution in [2.24, 2.45) is 0 Å². The smallest absolute Gasteiger partial charge is 0.261 e. The van der Waals surface area contributed by atoms with Crippen molar-refractivity contribution in [1.82, 2.24) is 23.6 Å². The Hall–Kier alpha value is -1.42. The van der Waals surface area contributed by atoms with Gasteiger partial charge in [0.15, 0.2) is 0 Å². The van der Waals surface area contributed by atoms with Crippen molar-refractivity contribution in [1.29, 1.82) is 0 Å². The summed E-state index contributed by atoms with van der Waals surface area (Å²) in [5, 5.41) is 0.984. The van der Waals surface area contributed by atoms with Crippen molar-refractivity contribution in [2.45, 2.75) is 25.7 Å². The highest BCUT2D eigenvalue weighted by Crippen LogP contribution is 2.30. The van der Waals surface area contributed by atoms with Gasteiger partial charge in [-0.1, -0.05) is 0 Å². The number of piperidine rings is 1. The van der Waals surface area contributed by atoms with Crippen LogP contribution in [0.5, 0.6) is 0 Å². The maximum atomic E-state index is 12.4. The molecule has 9 heteroatoms. The molecule has 0 N–H and O–H groups in total. The van der Waals surface area contributed by atoms with Gasteiger partial charge in [-0.3, -0.25) is 4.98 Å². The van der Waals surface area contributed by atoms with Gasteiger partial charge in [-0.2, -0.15) is 17.0 Å². The maximum Gasteiger partial charge on any atom is 0.281 e. The van der Waals surface area contributed by atoms with E-state index in [2.05, 4.69) is 9.97 Å². The van der Waals surface area contributed by atoms with Crippen LogP contribution in [0.15, 0.2) is 18.6 Å². The number of thiazole rings is 1. The lowest BCUT2D eigenvalue weighted by molar-refractivity contribution is 0.296. The molecule has 24 heavy (non-hydrogen) atoms. The Labute approximate surface area is 146 Å². The summed E-state index contributed by atoms with van der Waals surface area (Å²) in [7, 11) is -0.267. The van der Waals surface area contributed by atoms with Crippen LogP contribution in [-0.4, -0.2) is 59.2 Å². The highest BCUT2D eigenvalue weighted by atomic mass is 32.2. The summed E-state index contributed by atoms with van der Waals surface area (Å²) in [4.78, 5) is 14.3. The lowest BCUT2D eigenvalue weighted by Gasteiger charge is -2.33. The lowest BCUT2D eigenvalue weighted by Crippen LogP contribution is -2.45. The van der Waals surface area contributed by atoms with E-state index in [1.54, 1.807) is 44.0 Å². The highest BCUT2D eigenvalue weighted by molar-refractivity contribution is 7.86. The Morgan fingerprint density at radius 3 is 2.75 bits per heavy atom. The zero-order valence-electron chi connectivity index (χ0n) is 14.0. The molecule has 1 aliphatic rings. The Morgan fingerprint density at radius 2 is 2.08 bits per heavy atom. The molecule has 0 radical (unpaired) electrons. The van der Waals surface area contributed by atoms with Crippen molar-refractivity contribution < 1.29 is 8.42 Å². The molecule has 3 rings (SSSR count). The summed E-state index contributed by atoms with van der Waals surface area (Å²) < 4.78 is 27.5. The van der Waals surface area contributed by atoms with Gasteiger partial charge in [0.2, 0.25) is 0 Å². The van der Waals surface area contributed by atoms with Gasteiger partial charge in [0, 0.05) is 45.5 Å². The minimum absolute atomic E-state index is 0.0648. The third kappa shape index (κ3) is 3.49. The number of hydrogen-bond donors (Lipinski definition) is 0. The first-order valence-corrected chi connectivity index (χ1v) is 10.0. The minimum Gasteiger partial charge on any atom is -0.261 e. The van der Waals surface area contributed by atoms with Crippen LogP contribution in [-0.2, 0) is 10.2 Å². The zero-order valence-corrected chi connectivity index (χ0v) is 15.6. The van der Waals surface area contributed by atoms with Crippen LogP contribution in [0, 0.1) is 6.92 Å². The monoisotopic (exact) mass is 367 g/mol. The number of hydrogen-bond acceptors (Lipinski definition) is 6. The largest absolute Gasteiger partial charge is 0.281 e. The van der Waals surface area contributed by atoms with Gasteiger partial charge in [-0.25, -0.2) is 9.97 Å². The summed E-state index contributed by atoms with van der Waals surface area (Å²) in [6, 6.07) is 0. The van der Waals surface area contributed by atoms with Gasteiger partial charge >= 0.3 is 0 Å². The van der Waals surface area contributed by atoms with Gasteiger partial charge in [-0.05, 0) is 19.8 Å². The zero-order chi connectivity index (χ0) is 17.3. The van der Waals surface area contributed by atoms with E-state index in [1.807, 2.05) is 6.92 Å². The molecule has 1 fully saturated rings. The molecule has 1 saturated heterocycles. The second-order valence-corrected chi connectivity index (χ2v) is 9.44. The fourth-order valence-electron chi connectivity index (χ4n) is 2.80. The minimum atomic E-state index is -3.39. The predicted molar refractivity (Wildman–Crippen MR) is 94.0 cm³/mol. The molecule has 0 bridgehead atoms. The summed E-state index contributed by atoms with van der Waals surface area (Å²) in [5.74, 6) is 0.0648. The fourth-order valence-corrected chi connectivity index (χ4v) is 4.72. The van der Waals surface area contributed by atoms with Gasteiger partial charge in [0.1, 0.15) is 5.69 Å². The quantitative estimate of drug-likeness (QED) is 0.824. The van der Waals surface area contributed by atoms with Gasteiger partial charge < -0.3 is 0 Å². The standard InChI is InChI=1S/C15H21N5O2S2/c1-11-17-9-15(23-11)14-8-16-7-13(18-14)12-5-4-6-20(10-12)24(21,22)19(2)3/h7-9,12H,4-6,10H2,1-3H3/t12-/m1/s1. The van der Waals surface area contributed by atoms with Gasteiger partial charge in [0.25, 0.3) is 10.2 Å². The topological polar surface area (TPSA) is 79.3 Å². The summed E-state index contributed by atoms with van der Waals surface area (Å²) in [6.45, 7) is 2.95. The first-order chi connectivity index (χ1) is 11.4. The number of aryl methyl sites for hydroxylation is 1. The number of nitrogens with zero attached hydrogens (tertiary/aromatic N) is 5. The number of rotatable bonds is 4. The van der Waals surface area contributed by atoms with Gasteiger partial charge in [0.05, 0.1) is 21.8 Å². The fraction of sp³-hybridized carbons (Fsp3) is 0.533. The van der Waals surface area contributed by atoms with Gasteiger partial charge in [-0.15, -0.1) is 11.3 Å². The van der Waals surface area contributed by atoms with Crippen LogP contribution < -0.4 is 0 Å². The molecule has 0 aromatic carbocycles. The molecule has 0 unspecified atom stereocenters. The Kier molecular flexibility index (Phi) is 4.95. The molecule has 1 atom stereocenters. The summed E-state index contributed by atoms with van der Waals surface area (Å²) >= 11 is 1.58. The Bertz CT molecular complexity index is 819. The van der Waals surface area contributed by atoms with Crippen LogP contribution in [0.2, 0.25) is 0 Å². The van der Waals surface area contributed by atoms with E-state index in [0.29, 0.717) is 13.1 Å². The molecule has 0 aliphatic carbocycles. The summed E-state index contributed by atoms with van der Waals surface area (Å²) in [6.07, 6.45) is 7.02. The van der Waals surface area contributed by atoms with E-state index < -0.39 is 10.2 Å². The van der Waals surface area contributed by atoms with Crippen molar-refractivity contribution in [3.63, 3.8) is 0 Å². The molecule has 3 heterocycles. The van der Waals surface area contributed by atoms with Crippen LogP contribution in [0.3, 0.4) is 0 Å². The predicted octanol–water partition coefficient (Wildman–Crippen LogP) is 1.89. The van der Waals surface area contributed by atoms with E-state index in [9.17, 15) is 8.42 Å². The molecule has 7 nitrogen and oxygen atoms in total. The van der Waals surface area contributed by atoms with Crippen molar-refractivity contribution >= 4 is 21.5 Å². The second-order valence-electron chi connectivity index (χ2n) is 6.06. The molecule has 0 spiro atoms. The maximum absolute atomic E-state index is 12.4. The molecule has 2 aromatic heterocycles. The number of aromatic nitrogens is 3. The summed E-state index contributed by atoms with van der Waals surface area (Å²) in [5.41, 5.74) is 1.64. The molecule has 2 aromatic rings. The third-order valence-corrected chi connectivity index (χ3v) is 6.96. The lowest BCUT2D eigenvalue weighted by atomic mass is 9.96. The van der Waals surface area contributed by atoms with E-state index in [4.69, 9.17) is 4.98 Å². The molecule has 130 valence electrons. The van der Waals surface area contributed by atoms with E-state index in [1.165, 1.54) is 8.61 Å². The average molecular weight is 368 g/mol. The average Bonchev–Trinajstić information content (AvgIpc) is 3.01. The molecular formula is C15H21N5O2S2. The normalized spacial score (nSPS) is 19.8. The van der Waals surface area contributed by atoms with E-state index in [-0.39, 0.29) is 5.92 Å². The molecular weight excluding hydrogens is 346 g/mol. The van der Waals surface area contributed by atoms with Crippen molar-refractivity contribution in [3.8, 4) is 10.6 Å². The molecule has 0 saturated carbocycles. The van der Waals surface area contributed by atoms with Crippen LogP contribution >= 0.6 is 11.3 Å². The third-order valence-electron chi connectivity index (χ3n) is 4.12. The Morgan fingerprint density at radius 1 is 1.29 bits per heavy atom. The SMILES string of the molecule is Cc1ncc(-c2cncc([C@@H]3CCCN(S(=O)(=O)N(C)C)C3)n2)s1. The van der Waals surface area contributed by atoms with E-state index >= 15 is 0 Å². The van der Waals surface area contributed by atoms with Crippen molar-refractivity contribution in [3.05, 3.63) is 29.3 Å². The first kappa shape index (κ1) is 17.4. The van der Waals surface area contributed by atoms with Crippen LogP contribution in [0.25, 0.3) is 10.6 Å².